The van der Waals surface area contributed by atoms with Crippen LogP contribution in [0.15, 0.2) is 24.3 Å². The van der Waals surface area contributed by atoms with E-state index in [1.165, 1.54) is 24.9 Å². The molecule has 0 radical (unpaired) electrons. The minimum Gasteiger partial charge on any atom is -0.396 e. The Hall–Kier alpha value is -1.75. The normalized spacial score (nSPS) is 16.2. The van der Waals surface area contributed by atoms with Crippen molar-refractivity contribution in [1.82, 2.24) is 10.6 Å². The van der Waals surface area contributed by atoms with Crippen LogP contribution in [0.5, 0.6) is 0 Å². The zero-order chi connectivity index (χ0) is 15.8. The molecule has 5 heteroatoms. The third-order valence-corrected chi connectivity index (χ3v) is 4.07. The lowest BCUT2D eigenvalue weighted by Gasteiger charge is -2.30. The lowest BCUT2D eigenvalue weighted by molar-refractivity contribution is 0.230. The summed E-state index contributed by atoms with van der Waals surface area (Å²) in [5, 5.41) is 14.6. The molecule has 1 unspecified atom stereocenters. The van der Waals surface area contributed by atoms with Crippen LogP contribution in [-0.4, -0.2) is 36.9 Å². The van der Waals surface area contributed by atoms with Crippen LogP contribution in [0.3, 0.4) is 0 Å². The van der Waals surface area contributed by atoms with E-state index < -0.39 is 0 Å². The maximum atomic E-state index is 11.9. The molecule has 2 rings (SSSR count). The quantitative estimate of drug-likeness (QED) is 0.755. The van der Waals surface area contributed by atoms with E-state index in [2.05, 4.69) is 33.7 Å². The zero-order valence-corrected chi connectivity index (χ0v) is 13.3. The number of hydrogen-bond donors (Lipinski definition) is 3. The summed E-state index contributed by atoms with van der Waals surface area (Å²) in [6.07, 6.45) is 4.35. The Kier molecular flexibility index (Phi) is 6.52. The van der Waals surface area contributed by atoms with Crippen molar-refractivity contribution in [2.45, 2.75) is 45.2 Å². The Bertz CT molecular complexity index is 473. The van der Waals surface area contributed by atoms with Crippen LogP contribution in [0.25, 0.3) is 0 Å². The number of carbonyl (C=O) groups is 1. The monoisotopic (exact) mass is 305 g/mol. The van der Waals surface area contributed by atoms with Crippen LogP contribution in [0, 0.1) is 0 Å². The number of carbonyl (C=O) groups excluding carboxylic acids is 1. The number of para-hydroxylation sites is 1. The fourth-order valence-corrected chi connectivity index (χ4v) is 2.82. The average Bonchev–Trinajstić information content (AvgIpc) is 2.54. The predicted octanol–water partition coefficient (Wildman–Crippen LogP) is 2.25. The molecule has 1 aromatic carbocycles. The maximum absolute atomic E-state index is 11.9. The largest absolute Gasteiger partial charge is 0.396 e. The van der Waals surface area contributed by atoms with Gasteiger partial charge in [-0.25, -0.2) is 4.79 Å². The van der Waals surface area contributed by atoms with Gasteiger partial charge in [-0.1, -0.05) is 18.2 Å². The first-order valence-electron chi connectivity index (χ1n) is 8.19. The molecule has 1 aromatic rings. The first-order chi connectivity index (χ1) is 10.7. The van der Waals surface area contributed by atoms with E-state index in [1.807, 2.05) is 13.0 Å². The molecular formula is C17H27N3O2. The molecule has 1 atom stereocenters. The molecule has 1 aliphatic heterocycles. The number of piperidine rings is 1. The van der Waals surface area contributed by atoms with Crippen molar-refractivity contribution in [3.63, 3.8) is 0 Å². The summed E-state index contributed by atoms with van der Waals surface area (Å²) in [5.74, 6) is 0. The predicted molar refractivity (Wildman–Crippen MR) is 89.0 cm³/mol. The maximum Gasteiger partial charge on any atom is 0.315 e. The van der Waals surface area contributed by atoms with E-state index in [1.54, 1.807) is 0 Å². The summed E-state index contributed by atoms with van der Waals surface area (Å²) in [5.41, 5.74) is 2.38. The molecule has 1 fully saturated rings. The molecule has 122 valence electrons. The molecule has 3 N–H and O–H groups in total. The minimum absolute atomic E-state index is 0.0256. The van der Waals surface area contributed by atoms with Crippen molar-refractivity contribution in [3.8, 4) is 0 Å². The van der Waals surface area contributed by atoms with Crippen molar-refractivity contribution in [3.05, 3.63) is 29.8 Å². The van der Waals surface area contributed by atoms with Gasteiger partial charge in [-0.2, -0.15) is 0 Å². The van der Waals surface area contributed by atoms with Gasteiger partial charge in [-0.15, -0.1) is 0 Å². The first kappa shape index (κ1) is 16.6. The lowest BCUT2D eigenvalue weighted by atomic mass is 10.1. The molecule has 1 heterocycles. The van der Waals surface area contributed by atoms with E-state index in [4.69, 9.17) is 5.11 Å². The van der Waals surface area contributed by atoms with E-state index >= 15 is 0 Å². The second-order valence-electron chi connectivity index (χ2n) is 5.92. The smallest absolute Gasteiger partial charge is 0.315 e. The topological polar surface area (TPSA) is 64.6 Å². The van der Waals surface area contributed by atoms with Crippen LogP contribution < -0.4 is 15.5 Å². The number of benzene rings is 1. The fourth-order valence-electron chi connectivity index (χ4n) is 2.82. The summed E-state index contributed by atoms with van der Waals surface area (Å²) < 4.78 is 0. The van der Waals surface area contributed by atoms with Gasteiger partial charge in [-0.3, -0.25) is 0 Å². The molecular weight excluding hydrogens is 278 g/mol. The molecule has 1 aliphatic rings. The van der Waals surface area contributed by atoms with Gasteiger partial charge in [0.15, 0.2) is 0 Å². The van der Waals surface area contributed by atoms with E-state index in [0.29, 0.717) is 13.0 Å². The standard InChI is InChI=1S/C17H27N3O2/c1-14(9-12-21)19-17(22)18-13-15-7-3-4-8-16(15)20-10-5-2-6-11-20/h3-4,7-8,14,21H,2,5-6,9-13H2,1H3,(H2,18,19,22). The zero-order valence-electron chi connectivity index (χ0n) is 13.3. The summed E-state index contributed by atoms with van der Waals surface area (Å²) >= 11 is 0. The van der Waals surface area contributed by atoms with Crippen molar-refractivity contribution in [2.24, 2.45) is 0 Å². The second kappa shape index (κ2) is 8.63. The van der Waals surface area contributed by atoms with Gasteiger partial charge < -0.3 is 20.6 Å². The van der Waals surface area contributed by atoms with Gasteiger partial charge in [0.05, 0.1) is 0 Å². The highest BCUT2D eigenvalue weighted by Gasteiger charge is 2.14. The van der Waals surface area contributed by atoms with Crippen molar-refractivity contribution < 1.29 is 9.90 Å². The van der Waals surface area contributed by atoms with E-state index in [-0.39, 0.29) is 18.7 Å². The van der Waals surface area contributed by atoms with Gasteiger partial charge in [0.2, 0.25) is 0 Å². The number of urea groups is 1. The summed E-state index contributed by atoms with van der Waals surface area (Å²) in [6, 6.07) is 8.06. The van der Waals surface area contributed by atoms with Crippen molar-refractivity contribution >= 4 is 11.7 Å². The molecule has 1 saturated heterocycles. The summed E-state index contributed by atoms with van der Waals surface area (Å²) in [4.78, 5) is 14.3. The number of anilines is 1. The number of aliphatic hydroxyl groups is 1. The van der Waals surface area contributed by atoms with Crippen LogP contribution >= 0.6 is 0 Å². The lowest BCUT2D eigenvalue weighted by Crippen LogP contribution is -2.41. The van der Waals surface area contributed by atoms with Crippen LogP contribution in [-0.2, 0) is 6.54 Å². The Morgan fingerprint density at radius 2 is 2.00 bits per heavy atom. The molecule has 2 amide bonds. The van der Waals surface area contributed by atoms with Crippen LogP contribution in [0.1, 0.15) is 38.2 Å². The van der Waals surface area contributed by atoms with Crippen LogP contribution in [0.4, 0.5) is 10.5 Å². The Morgan fingerprint density at radius 1 is 1.27 bits per heavy atom. The first-order valence-corrected chi connectivity index (χ1v) is 8.19. The SMILES string of the molecule is CC(CCO)NC(=O)NCc1ccccc1N1CCCCC1. The minimum atomic E-state index is -0.186. The van der Waals surface area contributed by atoms with Gasteiger partial charge in [0.25, 0.3) is 0 Å². The molecule has 5 nitrogen and oxygen atoms in total. The van der Waals surface area contributed by atoms with E-state index in [0.717, 1.165) is 18.7 Å². The highest BCUT2D eigenvalue weighted by molar-refractivity contribution is 5.74. The van der Waals surface area contributed by atoms with Gasteiger partial charge in [-0.05, 0) is 44.2 Å². The Balaban J connectivity index is 1.91. The number of hydrogen-bond acceptors (Lipinski definition) is 3. The fraction of sp³-hybridized carbons (Fsp3) is 0.588. The van der Waals surface area contributed by atoms with Gasteiger partial charge in [0, 0.05) is 38.0 Å². The number of aliphatic hydroxyl groups excluding tert-OH is 1. The highest BCUT2D eigenvalue weighted by atomic mass is 16.3. The molecule has 0 bridgehead atoms. The molecule has 0 spiro atoms. The third-order valence-electron chi connectivity index (χ3n) is 4.07. The van der Waals surface area contributed by atoms with E-state index in [9.17, 15) is 4.79 Å². The third kappa shape index (κ3) is 4.91. The summed E-state index contributed by atoms with van der Waals surface area (Å²) in [6.45, 7) is 4.68. The van der Waals surface area contributed by atoms with Gasteiger partial charge in [0.1, 0.15) is 0 Å². The number of nitrogens with one attached hydrogen (secondary N) is 2. The van der Waals surface area contributed by atoms with Crippen molar-refractivity contribution in [2.75, 3.05) is 24.6 Å². The Labute approximate surface area is 132 Å². The summed E-state index contributed by atoms with van der Waals surface area (Å²) in [7, 11) is 0. The highest BCUT2D eigenvalue weighted by Crippen LogP contribution is 2.23. The Morgan fingerprint density at radius 3 is 2.73 bits per heavy atom. The number of amides is 2. The van der Waals surface area contributed by atoms with Gasteiger partial charge >= 0.3 is 6.03 Å². The van der Waals surface area contributed by atoms with Crippen molar-refractivity contribution in [1.29, 1.82) is 0 Å². The second-order valence-corrected chi connectivity index (χ2v) is 5.92. The number of nitrogens with zero attached hydrogens (tertiary/aromatic N) is 1. The molecule has 22 heavy (non-hydrogen) atoms. The molecule has 0 aliphatic carbocycles. The number of rotatable bonds is 6. The average molecular weight is 305 g/mol. The molecule has 0 saturated carbocycles. The van der Waals surface area contributed by atoms with Crippen LogP contribution in [0.2, 0.25) is 0 Å². The molecule has 0 aromatic heterocycles.